The summed E-state index contributed by atoms with van der Waals surface area (Å²) in [5.74, 6) is -0.0416. The largest absolute Gasteiger partial charge is 0.352 e. The van der Waals surface area contributed by atoms with Gasteiger partial charge in [-0.1, -0.05) is 15.9 Å². The third kappa shape index (κ3) is 3.19. The van der Waals surface area contributed by atoms with Crippen LogP contribution in [0.4, 0.5) is 5.82 Å². The molecule has 1 saturated heterocycles. The number of anilines is 1. The van der Waals surface area contributed by atoms with Gasteiger partial charge in [0.05, 0.1) is 17.1 Å². The van der Waals surface area contributed by atoms with Gasteiger partial charge < -0.3 is 5.32 Å². The lowest BCUT2D eigenvalue weighted by Crippen LogP contribution is -2.33. The summed E-state index contributed by atoms with van der Waals surface area (Å²) in [6.45, 7) is 4.64. The van der Waals surface area contributed by atoms with Crippen LogP contribution in [-0.2, 0) is 23.2 Å². The molecule has 1 fully saturated rings. The zero-order valence-corrected chi connectivity index (χ0v) is 17.5. The molecule has 0 radical (unpaired) electrons. The lowest BCUT2D eigenvalue weighted by atomic mass is 10.1. The summed E-state index contributed by atoms with van der Waals surface area (Å²) in [5.41, 5.74) is 3.78. The average Bonchev–Trinajstić information content (AvgIpc) is 3.30. The fourth-order valence-electron chi connectivity index (χ4n) is 3.66. The van der Waals surface area contributed by atoms with Crippen molar-refractivity contribution >= 4 is 44.5 Å². The smallest absolute Gasteiger partial charge is 0.229 e. The van der Waals surface area contributed by atoms with E-state index < -0.39 is 5.92 Å². The van der Waals surface area contributed by atoms with Crippen LogP contribution in [0.25, 0.3) is 10.9 Å². The molecule has 1 unspecified atom stereocenters. The van der Waals surface area contributed by atoms with Gasteiger partial charge in [-0.2, -0.15) is 10.2 Å². The number of H-pyrrole nitrogens is 1. The normalized spacial score (nSPS) is 16.9. The van der Waals surface area contributed by atoms with Gasteiger partial charge in [0.1, 0.15) is 0 Å². The van der Waals surface area contributed by atoms with Gasteiger partial charge in [-0.15, -0.1) is 0 Å². The number of hydrogen-bond acceptors (Lipinski definition) is 4. The highest BCUT2D eigenvalue weighted by Crippen LogP contribution is 2.31. The van der Waals surface area contributed by atoms with E-state index in [1.165, 1.54) is 0 Å². The minimum atomic E-state index is -0.396. The molecular weight excluding hydrogens is 424 g/mol. The zero-order chi connectivity index (χ0) is 20.0. The van der Waals surface area contributed by atoms with Crippen LogP contribution < -0.4 is 10.2 Å². The highest BCUT2D eigenvalue weighted by atomic mass is 79.9. The molecule has 2 aromatic heterocycles. The van der Waals surface area contributed by atoms with Gasteiger partial charge in [-0.3, -0.25) is 24.3 Å². The van der Waals surface area contributed by atoms with E-state index in [1.54, 1.807) is 9.58 Å². The second-order valence-electron chi connectivity index (χ2n) is 7.13. The Morgan fingerprint density at radius 3 is 2.89 bits per heavy atom. The van der Waals surface area contributed by atoms with E-state index in [1.807, 2.05) is 39.1 Å². The van der Waals surface area contributed by atoms with Crippen LogP contribution in [0.5, 0.6) is 0 Å². The van der Waals surface area contributed by atoms with Crippen molar-refractivity contribution in [1.82, 2.24) is 25.3 Å². The number of aryl methyl sites for hydroxylation is 2. The first-order valence-electron chi connectivity index (χ1n) is 9.06. The van der Waals surface area contributed by atoms with Crippen LogP contribution in [0.15, 0.2) is 22.7 Å². The maximum Gasteiger partial charge on any atom is 0.229 e. The Labute approximate surface area is 170 Å². The predicted octanol–water partition coefficient (Wildman–Crippen LogP) is 2.35. The number of hydrogen-bond donors (Lipinski definition) is 2. The Morgan fingerprint density at radius 2 is 2.18 bits per heavy atom. The van der Waals surface area contributed by atoms with Gasteiger partial charge in [-0.05, 0) is 32.0 Å². The number of nitrogens with one attached hydrogen (secondary N) is 2. The monoisotopic (exact) mass is 444 g/mol. The topological polar surface area (TPSA) is 95.9 Å². The Kier molecular flexibility index (Phi) is 4.70. The Balaban J connectivity index is 1.47. The van der Waals surface area contributed by atoms with E-state index in [9.17, 15) is 9.59 Å². The molecule has 4 rings (SSSR count). The number of halogens is 1. The lowest BCUT2D eigenvalue weighted by molar-refractivity contribution is -0.126. The van der Waals surface area contributed by atoms with E-state index in [-0.39, 0.29) is 18.2 Å². The quantitative estimate of drug-likeness (QED) is 0.645. The SMILES string of the molecule is Cc1nn(C)c(C)c1CNC(=O)C1CC(=O)N(c2n[nH]c3cc(Br)ccc23)C1. The van der Waals surface area contributed by atoms with Crippen molar-refractivity contribution < 1.29 is 9.59 Å². The highest BCUT2D eigenvalue weighted by Gasteiger charge is 2.36. The first-order chi connectivity index (χ1) is 13.3. The molecular formula is C19H21BrN6O2. The van der Waals surface area contributed by atoms with Crippen molar-refractivity contribution in [1.29, 1.82) is 0 Å². The third-order valence-electron chi connectivity index (χ3n) is 5.35. The molecule has 2 N–H and O–H groups in total. The summed E-state index contributed by atoms with van der Waals surface area (Å²) < 4.78 is 2.74. The minimum absolute atomic E-state index is 0.0924. The predicted molar refractivity (Wildman–Crippen MR) is 109 cm³/mol. The van der Waals surface area contributed by atoms with Crippen LogP contribution in [0, 0.1) is 19.8 Å². The summed E-state index contributed by atoms with van der Waals surface area (Å²) in [4.78, 5) is 26.8. The molecule has 0 saturated carbocycles. The molecule has 0 aliphatic carbocycles. The summed E-state index contributed by atoms with van der Waals surface area (Å²) in [6, 6.07) is 5.73. The number of fused-ring (bicyclic) bond motifs is 1. The van der Waals surface area contributed by atoms with E-state index in [0.717, 1.165) is 32.3 Å². The van der Waals surface area contributed by atoms with Crippen molar-refractivity contribution in [3.8, 4) is 0 Å². The molecule has 9 heteroatoms. The number of rotatable bonds is 4. The van der Waals surface area contributed by atoms with Crippen molar-refractivity contribution in [3.63, 3.8) is 0 Å². The third-order valence-corrected chi connectivity index (χ3v) is 5.85. The van der Waals surface area contributed by atoms with E-state index in [4.69, 9.17) is 0 Å². The molecule has 1 aromatic carbocycles. The number of nitrogens with zero attached hydrogens (tertiary/aromatic N) is 4. The van der Waals surface area contributed by atoms with Crippen molar-refractivity contribution in [2.75, 3.05) is 11.4 Å². The molecule has 2 amide bonds. The number of carbonyl (C=O) groups is 2. The number of aromatic nitrogens is 4. The Hall–Kier alpha value is -2.68. The molecule has 146 valence electrons. The fraction of sp³-hybridized carbons (Fsp3) is 0.368. The number of aromatic amines is 1. The summed E-state index contributed by atoms with van der Waals surface area (Å²) in [7, 11) is 1.88. The second-order valence-corrected chi connectivity index (χ2v) is 8.05. The van der Waals surface area contributed by atoms with Crippen molar-refractivity contribution in [2.24, 2.45) is 13.0 Å². The first-order valence-corrected chi connectivity index (χ1v) is 9.85. The molecule has 3 aromatic rings. The highest BCUT2D eigenvalue weighted by molar-refractivity contribution is 9.10. The van der Waals surface area contributed by atoms with E-state index >= 15 is 0 Å². The second kappa shape index (κ2) is 7.05. The Morgan fingerprint density at radius 1 is 1.39 bits per heavy atom. The van der Waals surface area contributed by atoms with Gasteiger partial charge in [0.25, 0.3) is 0 Å². The first kappa shape index (κ1) is 18.7. The summed E-state index contributed by atoms with van der Waals surface area (Å²) in [5, 5.41) is 15.4. The van der Waals surface area contributed by atoms with Gasteiger partial charge >= 0.3 is 0 Å². The van der Waals surface area contributed by atoms with Crippen LogP contribution in [-0.4, -0.2) is 38.3 Å². The zero-order valence-electron chi connectivity index (χ0n) is 15.9. The minimum Gasteiger partial charge on any atom is -0.352 e. The lowest BCUT2D eigenvalue weighted by Gasteiger charge is -2.14. The van der Waals surface area contributed by atoms with Gasteiger partial charge in [0, 0.05) is 47.7 Å². The van der Waals surface area contributed by atoms with Gasteiger partial charge in [0.2, 0.25) is 11.8 Å². The van der Waals surface area contributed by atoms with E-state index in [2.05, 4.69) is 36.5 Å². The molecule has 1 aliphatic heterocycles. The van der Waals surface area contributed by atoms with Gasteiger partial charge in [0.15, 0.2) is 5.82 Å². The van der Waals surface area contributed by atoms with E-state index in [0.29, 0.717) is 18.9 Å². The molecule has 0 bridgehead atoms. The maximum atomic E-state index is 12.7. The van der Waals surface area contributed by atoms with Crippen molar-refractivity contribution in [2.45, 2.75) is 26.8 Å². The van der Waals surface area contributed by atoms with Gasteiger partial charge in [-0.25, -0.2) is 0 Å². The molecule has 0 spiro atoms. The Bertz CT molecular complexity index is 1090. The van der Waals surface area contributed by atoms with Crippen LogP contribution >= 0.6 is 15.9 Å². The fourth-order valence-corrected chi connectivity index (χ4v) is 4.03. The molecule has 8 nitrogen and oxygen atoms in total. The average molecular weight is 445 g/mol. The molecule has 3 heterocycles. The van der Waals surface area contributed by atoms with Crippen molar-refractivity contribution in [3.05, 3.63) is 39.6 Å². The number of carbonyl (C=O) groups excluding carboxylic acids is 2. The molecule has 1 atom stereocenters. The number of benzene rings is 1. The summed E-state index contributed by atoms with van der Waals surface area (Å²) >= 11 is 3.43. The standard InChI is InChI=1S/C19H21BrN6O2/c1-10-15(11(2)25(3)24-10)8-21-19(28)12-6-17(27)26(9-12)18-14-5-4-13(20)7-16(14)22-23-18/h4-5,7,12H,6,8-9H2,1-3H3,(H,21,28)(H,22,23). The maximum absolute atomic E-state index is 12.7. The van der Waals surface area contributed by atoms with Crippen LogP contribution in [0.2, 0.25) is 0 Å². The summed E-state index contributed by atoms with van der Waals surface area (Å²) in [6.07, 6.45) is 0.182. The van der Waals surface area contributed by atoms with Crippen LogP contribution in [0.1, 0.15) is 23.4 Å². The molecule has 1 aliphatic rings. The van der Waals surface area contributed by atoms with Crippen LogP contribution in [0.3, 0.4) is 0 Å². The number of amides is 2. The molecule has 28 heavy (non-hydrogen) atoms.